The molecule has 0 bridgehead atoms. The number of nitrogens with zero attached hydrogens (tertiary/aromatic N) is 3. The zero-order valence-corrected chi connectivity index (χ0v) is 19.1. The molecule has 1 amide bonds. The van der Waals surface area contributed by atoms with Crippen LogP contribution in [0.1, 0.15) is 43.0 Å². The lowest BCUT2D eigenvalue weighted by atomic mass is 9.94. The van der Waals surface area contributed by atoms with Gasteiger partial charge < -0.3 is 10.1 Å². The van der Waals surface area contributed by atoms with Gasteiger partial charge in [0.25, 0.3) is 5.91 Å². The predicted octanol–water partition coefficient (Wildman–Crippen LogP) is 2.93. The first kappa shape index (κ1) is 24.1. The van der Waals surface area contributed by atoms with Gasteiger partial charge in [-0.3, -0.25) is 9.36 Å². The van der Waals surface area contributed by atoms with Crippen molar-refractivity contribution in [3.63, 3.8) is 0 Å². The van der Waals surface area contributed by atoms with E-state index in [4.69, 9.17) is 4.74 Å². The number of methoxy groups -OCH3 is 1. The highest BCUT2D eigenvalue weighted by Crippen LogP contribution is 2.32. The van der Waals surface area contributed by atoms with E-state index in [-0.39, 0.29) is 46.8 Å². The second-order valence-electron chi connectivity index (χ2n) is 8.17. The van der Waals surface area contributed by atoms with Crippen LogP contribution in [0.3, 0.4) is 0 Å². The van der Waals surface area contributed by atoms with Gasteiger partial charge in [-0.1, -0.05) is 13.8 Å². The smallest absolute Gasteiger partial charge is 0.319 e. The van der Waals surface area contributed by atoms with Gasteiger partial charge in [0.2, 0.25) is 10.0 Å². The molecule has 0 radical (unpaired) electrons. The average Bonchev–Trinajstić information content (AvgIpc) is 3.21. The lowest BCUT2D eigenvalue weighted by Gasteiger charge is -2.34. The number of carbonyl (C=O) groups is 1. The van der Waals surface area contributed by atoms with Crippen LogP contribution in [0, 0.1) is 11.8 Å². The second-order valence-corrected chi connectivity index (χ2v) is 10.1. The Morgan fingerprint density at radius 1 is 1.28 bits per heavy atom. The molecular weight excluding hydrogens is 442 g/mol. The average molecular weight is 471 g/mol. The minimum absolute atomic E-state index is 0.0673. The van der Waals surface area contributed by atoms with Gasteiger partial charge in [0.1, 0.15) is 16.5 Å². The van der Waals surface area contributed by atoms with Crippen LogP contribution < -0.4 is 10.1 Å². The predicted molar refractivity (Wildman–Crippen MR) is 114 cm³/mol. The number of sulfonamides is 1. The number of aromatic nitrogens is 2. The maximum Gasteiger partial charge on any atom is 0.319 e. The molecule has 0 spiro atoms. The Balaban J connectivity index is 1.76. The number of nitrogens with one attached hydrogen (secondary N) is 1. The Kier molecular flexibility index (Phi) is 7.50. The molecular formula is C21H28F2N4O4S. The summed E-state index contributed by atoms with van der Waals surface area (Å²) in [7, 11) is -2.49. The minimum atomic E-state index is -3.87. The molecule has 1 aromatic carbocycles. The molecule has 0 aliphatic carbocycles. The normalized spacial score (nSPS) is 19.8. The van der Waals surface area contributed by atoms with Gasteiger partial charge in [0.05, 0.1) is 7.11 Å². The molecule has 1 aliphatic rings. The van der Waals surface area contributed by atoms with Gasteiger partial charge in [0, 0.05) is 44.0 Å². The highest BCUT2D eigenvalue weighted by Gasteiger charge is 2.34. The summed E-state index contributed by atoms with van der Waals surface area (Å²) in [6, 6.07) is 4.21. The molecule has 1 fully saturated rings. The van der Waals surface area contributed by atoms with Gasteiger partial charge in [-0.05, 0) is 36.5 Å². The highest BCUT2D eigenvalue weighted by atomic mass is 32.2. The van der Waals surface area contributed by atoms with Crippen molar-refractivity contribution >= 4 is 15.9 Å². The number of imidazole rings is 1. The van der Waals surface area contributed by atoms with Gasteiger partial charge in [0.15, 0.2) is 0 Å². The number of rotatable bonds is 8. The van der Waals surface area contributed by atoms with E-state index in [0.29, 0.717) is 13.1 Å². The molecule has 176 valence electrons. The standard InChI is InChI=1S/C21H28F2N4O4S/c1-14-10-15(2)13-26(12-14)32(29,30)18-11-16(4-5-17(18)31-3)20(28)25-7-6-19-24-8-9-27(19)21(22)23/h4-5,8-9,11,14-15,21H,6-7,10,12-13H2,1-3H3,(H,25,28). The summed E-state index contributed by atoms with van der Waals surface area (Å²) in [6.07, 6.45) is 3.50. The van der Waals surface area contributed by atoms with E-state index in [1.54, 1.807) is 0 Å². The molecule has 3 rings (SSSR count). The molecule has 11 heteroatoms. The number of benzene rings is 1. The van der Waals surface area contributed by atoms with Crippen molar-refractivity contribution in [3.05, 3.63) is 42.0 Å². The molecule has 1 N–H and O–H groups in total. The first-order valence-corrected chi connectivity index (χ1v) is 11.8. The zero-order valence-electron chi connectivity index (χ0n) is 18.3. The number of amides is 1. The molecule has 8 nitrogen and oxygen atoms in total. The summed E-state index contributed by atoms with van der Waals surface area (Å²) in [5.41, 5.74) is 0.139. The maximum atomic E-state index is 13.3. The van der Waals surface area contributed by atoms with Crippen LogP contribution in [-0.2, 0) is 16.4 Å². The molecule has 32 heavy (non-hydrogen) atoms. The summed E-state index contributed by atoms with van der Waals surface area (Å²) < 4.78 is 59.9. The van der Waals surface area contributed by atoms with Crippen LogP contribution in [0.2, 0.25) is 0 Å². The van der Waals surface area contributed by atoms with Crippen LogP contribution in [0.4, 0.5) is 8.78 Å². The van der Waals surface area contributed by atoms with Gasteiger partial charge in [-0.15, -0.1) is 0 Å². The summed E-state index contributed by atoms with van der Waals surface area (Å²) in [5, 5.41) is 2.63. The maximum absolute atomic E-state index is 13.3. The van der Waals surface area contributed by atoms with E-state index in [0.717, 1.165) is 11.0 Å². The number of ether oxygens (including phenoxy) is 1. The molecule has 1 saturated heterocycles. The lowest BCUT2D eigenvalue weighted by molar-refractivity contribution is 0.0670. The number of carbonyl (C=O) groups excluding carboxylic acids is 1. The molecule has 1 aliphatic heterocycles. The molecule has 2 atom stereocenters. The Morgan fingerprint density at radius 2 is 1.97 bits per heavy atom. The number of halogens is 2. The summed E-state index contributed by atoms with van der Waals surface area (Å²) >= 11 is 0. The monoisotopic (exact) mass is 470 g/mol. The van der Waals surface area contributed by atoms with Crippen molar-refractivity contribution < 1.29 is 26.7 Å². The summed E-state index contributed by atoms with van der Waals surface area (Å²) in [6.45, 7) is 2.19. The van der Waals surface area contributed by atoms with E-state index in [1.165, 1.54) is 42.0 Å². The van der Waals surface area contributed by atoms with Crippen molar-refractivity contribution in [1.29, 1.82) is 0 Å². The number of hydrogen-bond acceptors (Lipinski definition) is 5. The second kappa shape index (κ2) is 9.95. The fraction of sp³-hybridized carbons (Fsp3) is 0.524. The van der Waals surface area contributed by atoms with Crippen molar-refractivity contribution in [3.8, 4) is 5.75 Å². The SMILES string of the molecule is COc1ccc(C(=O)NCCc2nccn2C(F)F)cc1S(=O)(=O)N1CC(C)CC(C)C1. The van der Waals surface area contributed by atoms with Crippen LogP contribution in [0.5, 0.6) is 5.75 Å². The Bertz CT molecular complexity index is 1050. The molecule has 1 aromatic heterocycles. The third-order valence-corrected chi connectivity index (χ3v) is 7.33. The van der Waals surface area contributed by atoms with E-state index in [1.807, 2.05) is 13.8 Å². The van der Waals surface area contributed by atoms with Crippen molar-refractivity contribution in [2.45, 2.75) is 38.1 Å². The van der Waals surface area contributed by atoms with Crippen LogP contribution in [-0.4, -0.2) is 54.9 Å². The summed E-state index contributed by atoms with van der Waals surface area (Å²) in [4.78, 5) is 16.4. The van der Waals surface area contributed by atoms with Gasteiger partial charge in [-0.2, -0.15) is 13.1 Å². The Labute approximate surface area is 186 Å². The molecule has 2 heterocycles. The first-order valence-electron chi connectivity index (χ1n) is 10.4. The third-order valence-electron chi connectivity index (χ3n) is 5.47. The van der Waals surface area contributed by atoms with Gasteiger partial charge >= 0.3 is 6.55 Å². The number of alkyl halides is 2. The number of hydrogen-bond donors (Lipinski definition) is 1. The molecule has 2 unspecified atom stereocenters. The molecule has 2 aromatic rings. The van der Waals surface area contributed by atoms with Crippen molar-refractivity contribution in [2.24, 2.45) is 11.8 Å². The largest absolute Gasteiger partial charge is 0.495 e. The van der Waals surface area contributed by atoms with E-state index in [9.17, 15) is 22.0 Å². The Hall–Kier alpha value is -2.53. The molecule has 0 saturated carbocycles. The lowest BCUT2D eigenvalue weighted by Crippen LogP contribution is -2.42. The third kappa shape index (κ3) is 5.26. The van der Waals surface area contributed by atoms with Crippen LogP contribution in [0.15, 0.2) is 35.5 Å². The van der Waals surface area contributed by atoms with Crippen molar-refractivity contribution in [2.75, 3.05) is 26.7 Å². The summed E-state index contributed by atoms with van der Waals surface area (Å²) in [5.74, 6) is 0.247. The van der Waals surface area contributed by atoms with Crippen molar-refractivity contribution in [1.82, 2.24) is 19.2 Å². The zero-order chi connectivity index (χ0) is 23.5. The van der Waals surface area contributed by atoms with Crippen LogP contribution >= 0.6 is 0 Å². The quantitative estimate of drug-likeness (QED) is 0.640. The fourth-order valence-electron chi connectivity index (χ4n) is 4.07. The van der Waals surface area contributed by atoms with E-state index < -0.39 is 22.5 Å². The van der Waals surface area contributed by atoms with E-state index in [2.05, 4.69) is 10.3 Å². The highest BCUT2D eigenvalue weighted by molar-refractivity contribution is 7.89. The first-order chi connectivity index (χ1) is 15.1. The van der Waals surface area contributed by atoms with E-state index >= 15 is 0 Å². The fourth-order valence-corrected chi connectivity index (χ4v) is 5.93. The van der Waals surface area contributed by atoms with Crippen LogP contribution in [0.25, 0.3) is 0 Å². The Morgan fingerprint density at radius 3 is 2.59 bits per heavy atom. The number of piperidine rings is 1. The minimum Gasteiger partial charge on any atom is -0.495 e. The topological polar surface area (TPSA) is 93.5 Å². The van der Waals surface area contributed by atoms with Gasteiger partial charge in [-0.25, -0.2) is 13.4 Å².